The molecule has 6 heteroatoms. The second-order valence-corrected chi connectivity index (χ2v) is 7.95. The lowest BCUT2D eigenvalue weighted by molar-refractivity contribution is -0.143. The van der Waals surface area contributed by atoms with E-state index in [4.69, 9.17) is 4.84 Å². The van der Waals surface area contributed by atoms with E-state index in [1.807, 2.05) is 6.07 Å². The number of rotatable bonds is 6. The number of hydrogen-bond acceptors (Lipinski definition) is 4. The number of benzene rings is 2. The second kappa shape index (κ2) is 10.6. The molecule has 4 rings (SSSR count). The van der Waals surface area contributed by atoms with E-state index in [-0.39, 0.29) is 24.2 Å². The van der Waals surface area contributed by atoms with E-state index in [2.05, 4.69) is 58.6 Å². The first-order valence-corrected chi connectivity index (χ1v) is 10.5. The summed E-state index contributed by atoms with van der Waals surface area (Å²) in [5, 5.41) is 13.8. The molecule has 0 spiro atoms. The number of nitrogens with zero attached hydrogens (tertiary/aromatic N) is 2. The minimum absolute atomic E-state index is 0. The number of piperidine rings is 1. The fourth-order valence-corrected chi connectivity index (χ4v) is 4.48. The first kappa shape index (κ1) is 22.3. The highest BCUT2D eigenvalue weighted by Gasteiger charge is 2.28. The van der Waals surface area contributed by atoms with Crippen molar-refractivity contribution in [2.45, 2.75) is 31.6 Å². The molecule has 1 unspecified atom stereocenters. The summed E-state index contributed by atoms with van der Waals surface area (Å²) in [6.07, 6.45) is 3.76. The number of hydrogen-bond donors (Lipinski definition) is 1. The van der Waals surface area contributed by atoms with Crippen molar-refractivity contribution in [3.05, 3.63) is 71.3 Å². The minimum Gasteiger partial charge on any atom is -0.481 e. The van der Waals surface area contributed by atoms with Crippen LogP contribution < -0.4 is 0 Å². The molecule has 0 radical (unpaired) electrons. The summed E-state index contributed by atoms with van der Waals surface area (Å²) < 4.78 is 0. The van der Waals surface area contributed by atoms with E-state index in [9.17, 15) is 9.90 Å². The molecular weight excluding hydrogens is 400 g/mol. The Morgan fingerprint density at radius 3 is 2.67 bits per heavy atom. The molecule has 160 valence electrons. The van der Waals surface area contributed by atoms with E-state index < -0.39 is 5.97 Å². The van der Waals surface area contributed by atoms with Crippen molar-refractivity contribution in [1.82, 2.24) is 4.90 Å². The highest BCUT2D eigenvalue weighted by molar-refractivity contribution is 6.06. The molecule has 1 saturated heterocycles. The SMILES string of the molecule is Cl.O=C(O)[C@@H]1CCCN(CCON=C2c3ccccc3CCC2c2ccccc2)C1. The average Bonchev–Trinajstić information content (AvgIpc) is 2.77. The van der Waals surface area contributed by atoms with E-state index in [1.54, 1.807) is 0 Å². The van der Waals surface area contributed by atoms with Crippen molar-refractivity contribution in [3.63, 3.8) is 0 Å². The summed E-state index contributed by atoms with van der Waals surface area (Å²) >= 11 is 0. The zero-order valence-electron chi connectivity index (χ0n) is 17.1. The molecular formula is C24H29ClN2O3. The van der Waals surface area contributed by atoms with E-state index in [0.717, 1.165) is 37.9 Å². The Labute approximate surface area is 184 Å². The van der Waals surface area contributed by atoms with Gasteiger partial charge in [-0.3, -0.25) is 9.69 Å². The molecule has 5 nitrogen and oxygen atoms in total. The summed E-state index contributed by atoms with van der Waals surface area (Å²) in [6.45, 7) is 2.71. The zero-order chi connectivity index (χ0) is 20.1. The number of likely N-dealkylation sites (tertiary alicyclic amines) is 1. The number of fused-ring (bicyclic) bond motifs is 1. The highest BCUT2D eigenvalue weighted by atomic mass is 35.5. The number of carboxylic acids is 1. The molecule has 2 aliphatic rings. The van der Waals surface area contributed by atoms with Gasteiger partial charge in [0, 0.05) is 24.6 Å². The predicted molar refractivity (Wildman–Crippen MR) is 120 cm³/mol. The molecule has 1 N–H and O–H groups in total. The van der Waals surface area contributed by atoms with Crippen LogP contribution in [0.5, 0.6) is 0 Å². The van der Waals surface area contributed by atoms with Gasteiger partial charge in [-0.2, -0.15) is 0 Å². The monoisotopic (exact) mass is 428 g/mol. The topological polar surface area (TPSA) is 62.1 Å². The lowest BCUT2D eigenvalue weighted by Crippen LogP contribution is -2.40. The van der Waals surface area contributed by atoms with Gasteiger partial charge in [-0.25, -0.2) is 0 Å². The van der Waals surface area contributed by atoms with Crippen molar-refractivity contribution in [2.75, 3.05) is 26.2 Å². The number of aryl methyl sites for hydroxylation is 1. The van der Waals surface area contributed by atoms with Crippen LogP contribution in [0.4, 0.5) is 0 Å². The van der Waals surface area contributed by atoms with Crippen molar-refractivity contribution in [1.29, 1.82) is 0 Å². The number of halogens is 1. The van der Waals surface area contributed by atoms with Crippen LogP contribution in [0.15, 0.2) is 59.8 Å². The molecule has 1 heterocycles. The Hall–Kier alpha value is -2.37. The third-order valence-electron chi connectivity index (χ3n) is 6.04. The van der Waals surface area contributed by atoms with Crippen LogP contribution in [-0.4, -0.2) is 47.9 Å². The van der Waals surface area contributed by atoms with Gasteiger partial charge in [0.1, 0.15) is 6.61 Å². The summed E-state index contributed by atoms with van der Waals surface area (Å²) in [4.78, 5) is 19.2. The smallest absolute Gasteiger partial charge is 0.307 e. The number of aliphatic carboxylic acids is 1. The van der Waals surface area contributed by atoms with Gasteiger partial charge >= 0.3 is 5.97 Å². The summed E-state index contributed by atoms with van der Waals surface area (Å²) in [5.74, 6) is -0.722. The van der Waals surface area contributed by atoms with Crippen LogP contribution in [0, 0.1) is 5.92 Å². The van der Waals surface area contributed by atoms with Gasteiger partial charge in [0.2, 0.25) is 0 Å². The van der Waals surface area contributed by atoms with Gasteiger partial charge in [-0.15, -0.1) is 12.4 Å². The highest BCUT2D eigenvalue weighted by Crippen LogP contribution is 2.33. The Morgan fingerprint density at radius 1 is 1.10 bits per heavy atom. The van der Waals surface area contributed by atoms with Crippen molar-refractivity contribution < 1.29 is 14.7 Å². The van der Waals surface area contributed by atoms with Crippen LogP contribution in [0.2, 0.25) is 0 Å². The maximum Gasteiger partial charge on any atom is 0.307 e. The van der Waals surface area contributed by atoms with E-state index in [0.29, 0.717) is 19.7 Å². The largest absolute Gasteiger partial charge is 0.481 e. The average molecular weight is 429 g/mol. The van der Waals surface area contributed by atoms with Crippen LogP contribution >= 0.6 is 12.4 Å². The fourth-order valence-electron chi connectivity index (χ4n) is 4.48. The molecule has 2 atom stereocenters. The summed E-state index contributed by atoms with van der Waals surface area (Å²) in [7, 11) is 0. The van der Waals surface area contributed by atoms with Gasteiger partial charge in [0.15, 0.2) is 0 Å². The molecule has 2 aromatic rings. The van der Waals surface area contributed by atoms with E-state index >= 15 is 0 Å². The van der Waals surface area contributed by atoms with Gasteiger partial charge in [-0.1, -0.05) is 59.8 Å². The molecule has 2 aromatic carbocycles. The molecule has 1 fully saturated rings. The molecule has 1 aliphatic carbocycles. The Kier molecular flexibility index (Phi) is 7.88. The fraction of sp³-hybridized carbons (Fsp3) is 0.417. The lowest BCUT2D eigenvalue weighted by atomic mass is 9.78. The number of oxime groups is 1. The van der Waals surface area contributed by atoms with Crippen LogP contribution in [0.3, 0.4) is 0 Å². The van der Waals surface area contributed by atoms with E-state index in [1.165, 1.54) is 16.7 Å². The predicted octanol–water partition coefficient (Wildman–Crippen LogP) is 4.36. The molecule has 0 aromatic heterocycles. The van der Waals surface area contributed by atoms with Gasteiger partial charge < -0.3 is 9.94 Å². The van der Waals surface area contributed by atoms with Crippen molar-refractivity contribution in [2.24, 2.45) is 11.1 Å². The molecule has 0 amide bonds. The van der Waals surface area contributed by atoms with Gasteiger partial charge in [-0.05, 0) is 43.4 Å². The minimum atomic E-state index is -0.694. The van der Waals surface area contributed by atoms with Crippen molar-refractivity contribution in [3.8, 4) is 0 Å². The number of carbonyl (C=O) groups is 1. The molecule has 0 bridgehead atoms. The zero-order valence-corrected chi connectivity index (χ0v) is 17.9. The maximum atomic E-state index is 11.2. The maximum absolute atomic E-state index is 11.2. The van der Waals surface area contributed by atoms with Gasteiger partial charge in [0.25, 0.3) is 0 Å². The Bertz CT molecular complexity index is 872. The van der Waals surface area contributed by atoms with Crippen LogP contribution in [-0.2, 0) is 16.1 Å². The first-order chi connectivity index (χ1) is 14.2. The number of carboxylic acid groups (broad SMARTS) is 1. The lowest BCUT2D eigenvalue weighted by Gasteiger charge is -2.30. The summed E-state index contributed by atoms with van der Waals surface area (Å²) in [6, 6.07) is 18.9. The van der Waals surface area contributed by atoms with Crippen molar-refractivity contribution >= 4 is 24.1 Å². The molecule has 1 aliphatic heterocycles. The van der Waals surface area contributed by atoms with Crippen LogP contribution in [0.1, 0.15) is 41.9 Å². The van der Waals surface area contributed by atoms with Gasteiger partial charge in [0.05, 0.1) is 11.6 Å². The van der Waals surface area contributed by atoms with Crippen LogP contribution in [0.25, 0.3) is 0 Å². The third kappa shape index (κ3) is 5.21. The third-order valence-corrected chi connectivity index (χ3v) is 6.04. The Morgan fingerprint density at radius 2 is 1.87 bits per heavy atom. The second-order valence-electron chi connectivity index (χ2n) is 7.95. The Balaban J connectivity index is 0.00000256. The molecule has 30 heavy (non-hydrogen) atoms. The quantitative estimate of drug-likeness (QED) is 0.548. The molecule has 0 saturated carbocycles. The standard InChI is InChI=1S/C24H28N2O3.ClH/c27-24(28)20-10-6-14-26(17-20)15-16-29-25-23-21-11-5-4-9-19(21)12-13-22(23)18-7-2-1-3-8-18;/h1-5,7-9,11,20,22H,6,10,12-17H2,(H,27,28);1H/t20-,22?;/m1./s1. The first-order valence-electron chi connectivity index (χ1n) is 10.5. The normalized spacial score (nSPS) is 22.7. The summed E-state index contributed by atoms with van der Waals surface area (Å²) in [5.41, 5.74) is 4.77.